The lowest BCUT2D eigenvalue weighted by Crippen LogP contribution is -2.43. The molecule has 0 radical (unpaired) electrons. The smallest absolute Gasteiger partial charge is 0.220 e. The Morgan fingerprint density at radius 1 is 1.07 bits per heavy atom. The lowest BCUT2D eigenvalue weighted by atomic mass is 10.0. The molecule has 2 aromatic rings. The summed E-state index contributed by atoms with van der Waals surface area (Å²) >= 11 is 0. The van der Waals surface area contributed by atoms with Gasteiger partial charge in [-0.15, -0.1) is 0 Å². The van der Waals surface area contributed by atoms with Crippen LogP contribution in [0.15, 0.2) is 48.5 Å². The average molecular weight is 399 g/mol. The number of morpholine rings is 1. The molecule has 1 heterocycles. The summed E-state index contributed by atoms with van der Waals surface area (Å²) in [7, 11) is 3.31. The summed E-state index contributed by atoms with van der Waals surface area (Å²) in [5, 5.41) is 3.12. The van der Waals surface area contributed by atoms with Crippen molar-refractivity contribution in [3.05, 3.63) is 59.7 Å². The molecule has 1 saturated heterocycles. The third-order valence-electron chi connectivity index (χ3n) is 5.25. The van der Waals surface area contributed by atoms with Crippen molar-refractivity contribution in [2.24, 2.45) is 0 Å². The fourth-order valence-corrected chi connectivity index (χ4v) is 3.56. The SMILES string of the molecule is COc1ccc(C(CNC(=O)CCc2cccc(OC)c2)N2CCOCC2)cc1. The Hall–Kier alpha value is -2.57. The Morgan fingerprint density at radius 3 is 2.48 bits per heavy atom. The molecule has 1 fully saturated rings. The van der Waals surface area contributed by atoms with E-state index in [9.17, 15) is 4.79 Å². The lowest BCUT2D eigenvalue weighted by molar-refractivity contribution is -0.121. The molecule has 1 amide bonds. The Morgan fingerprint density at radius 2 is 1.79 bits per heavy atom. The number of aryl methyl sites for hydroxylation is 1. The predicted molar refractivity (Wildman–Crippen MR) is 112 cm³/mol. The summed E-state index contributed by atoms with van der Waals surface area (Å²) in [5.41, 5.74) is 2.26. The zero-order valence-corrected chi connectivity index (χ0v) is 17.2. The monoisotopic (exact) mass is 398 g/mol. The van der Waals surface area contributed by atoms with Crippen LogP contribution in [0.4, 0.5) is 0 Å². The van der Waals surface area contributed by atoms with Gasteiger partial charge in [-0.3, -0.25) is 9.69 Å². The minimum atomic E-state index is 0.0552. The summed E-state index contributed by atoms with van der Waals surface area (Å²) in [6.45, 7) is 3.73. The van der Waals surface area contributed by atoms with Crippen LogP contribution >= 0.6 is 0 Å². The van der Waals surface area contributed by atoms with Gasteiger partial charge in [0.15, 0.2) is 0 Å². The van der Waals surface area contributed by atoms with E-state index in [0.29, 0.717) is 19.4 Å². The van der Waals surface area contributed by atoms with E-state index in [4.69, 9.17) is 14.2 Å². The van der Waals surface area contributed by atoms with E-state index in [1.807, 2.05) is 36.4 Å². The molecule has 1 N–H and O–H groups in total. The van der Waals surface area contributed by atoms with Crippen molar-refractivity contribution >= 4 is 5.91 Å². The van der Waals surface area contributed by atoms with Crippen LogP contribution in [-0.2, 0) is 16.0 Å². The first-order chi connectivity index (χ1) is 14.2. The topological polar surface area (TPSA) is 60.0 Å². The molecule has 0 bridgehead atoms. The predicted octanol–water partition coefficient (Wildman–Crippen LogP) is 2.83. The van der Waals surface area contributed by atoms with Gasteiger partial charge in [0.1, 0.15) is 11.5 Å². The zero-order chi connectivity index (χ0) is 20.5. The number of hydrogen-bond acceptors (Lipinski definition) is 5. The van der Waals surface area contributed by atoms with Crippen LogP contribution in [-0.4, -0.2) is 57.9 Å². The van der Waals surface area contributed by atoms with Gasteiger partial charge >= 0.3 is 0 Å². The highest BCUT2D eigenvalue weighted by Crippen LogP contribution is 2.24. The van der Waals surface area contributed by atoms with Crippen molar-refractivity contribution in [2.45, 2.75) is 18.9 Å². The second kappa shape index (κ2) is 10.8. The maximum absolute atomic E-state index is 12.5. The molecule has 1 unspecified atom stereocenters. The number of ether oxygens (including phenoxy) is 3. The number of nitrogens with one attached hydrogen (secondary N) is 1. The average Bonchev–Trinajstić information content (AvgIpc) is 2.79. The fraction of sp³-hybridized carbons (Fsp3) is 0.435. The summed E-state index contributed by atoms with van der Waals surface area (Å²) in [5.74, 6) is 1.70. The Bertz CT molecular complexity index is 773. The van der Waals surface area contributed by atoms with Crippen LogP contribution in [0.3, 0.4) is 0 Å². The molecule has 0 aliphatic carbocycles. The normalized spacial score (nSPS) is 15.5. The highest BCUT2D eigenvalue weighted by molar-refractivity contribution is 5.76. The van der Waals surface area contributed by atoms with Crippen LogP contribution in [0.5, 0.6) is 11.5 Å². The largest absolute Gasteiger partial charge is 0.497 e. The number of benzene rings is 2. The number of carbonyl (C=O) groups is 1. The summed E-state index contributed by atoms with van der Waals surface area (Å²) in [4.78, 5) is 14.9. The van der Waals surface area contributed by atoms with Crippen molar-refractivity contribution in [3.63, 3.8) is 0 Å². The van der Waals surface area contributed by atoms with Crippen molar-refractivity contribution in [3.8, 4) is 11.5 Å². The van der Waals surface area contributed by atoms with Gasteiger partial charge in [0.2, 0.25) is 5.91 Å². The van der Waals surface area contributed by atoms with Crippen molar-refractivity contribution in [2.75, 3.05) is 47.1 Å². The Labute approximate surface area is 172 Å². The van der Waals surface area contributed by atoms with E-state index in [0.717, 1.165) is 43.4 Å². The van der Waals surface area contributed by atoms with Gasteiger partial charge in [-0.2, -0.15) is 0 Å². The molecule has 1 aliphatic heterocycles. The highest BCUT2D eigenvalue weighted by Gasteiger charge is 2.23. The highest BCUT2D eigenvalue weighted by atomic mass is 16.5. The molecule has 1 atom stereocenters. The third-order valence-corrected chi connectivity index (χ3v) is 5.25. The molecule has 0 spiro atoms. The number of amides is 1. The van der Waals surface area contributed by atoms with Gasteiger partial charge in [0.25, 0.3) is 0 Å². The maximum atomic E-state index is 12.5. The van der Waals surface area contributed by atoms with E-state index in [1.165, 1.54) is 5.56 Å². The molecule has 6 nitrogen and oxygen atoms in total. The molecular weight excluding hydrogens is 368 g/mol. The molecule has 156 valence electrons. The molecule has 1 aliphatic rings. The lowest BCUT2D eigenvalue weighted by Gasteiger charge is -2.35. The third kappa shape index (κ3) is 6.21. The zero-order valence-electron chi connectivity index (χ0n) is 17.2. The molecule has 3 rings (SSSR count). The fourth-order valence-electron chi connectivity index (χ4n) is 3.56. The van der Waals surface area contributed by atoms with Crippen LogP contribution in [0.25, 0.3) is 0 Å². The van der Waals surface area contributed by atoms with Gasteiger partial charge in [0, 0.05) is 26.1 Å². The number of methoxy groups -OCH3 is 2. The van der Waals surface area contributed by atoms with Gasteiger partial charge in [-0.05, 0) is 41.8 Å². The molecular formula is C23H30N2O4. The van der Waals surface area contributed by atoms with Gasteiger partial charge < -0.3 is 19.5 Å². The summed E-state index contributed by atoms with van der Waals surface area (Å²) < 4.78 is 16.0. The molecule has 0 aromatic heterocycles. The Kier molecular flexibility index (Phi) is 7.90. The minimum absolute atomic E-state index is 0.0552. The van der Waals surface area contributed by atoms with E-state index in [2.05, 4.69) is 22.3 Å². The second-order valence-electron chi connectivity index (χ2n) is 7.09. The number of rotatable bonds is 9. The van der Waals surface area contributed by atoms with Crippen molar-refractivity contribution in [1.29, 1.82) is 0 Å². The van der Waals surface area contributed by atoms with E-state index >= 15 is 0 Å². The van der Waals surface area contributed by atoms with E-state index < -0.39 is 0 Å². The first-order valence-electron chi connectivity index (χ1n) is 10.0. The summed E-state index contributed by atoms with van der Waals surface area (Å²) in [6.07, 6.45) is 1.14. The Balaban J connectivity index is 1.58. The van der Waals surface area contributed by atoms with Crippen molar-refractivity contribution < 1.29 is 19.0 Å². The van der Waals surface area contributed by atoms with Crippen LogP contribution < -0.4 is 14.8 Å². The number of nitrogens with zero attached hydrogens (tertiary/aromatic N) is 1. The number of carbonyl (C=O) groups excluding carboxylic acids is 1. The molecule has 2 aromatic carbocycles. The van der Waals surface area contributed by atoms with Crippen molar-refractivity contribution in [1.82, 2.24) is 10.2 Å². The van der Waals surface area contributed by atoms with Gasteiger partial charge in [-0.25, -0.2) is 0 Å². The first-order valence-corrected chi connectivity index (χ1v) is 10.0. The molecule has 6 heteroatoms. The first kappa shape index (κ1) is 21.1. The second-order valence-corrected chi connectivity index (χ2v) is 7.09. The maximum Gasteiger partial charge on any atom is 0.220 e. The van der Waals surface area contributed by atoms with Crippen LogP contribution in [0.1, 0.15) is 23.6 Å². The van der Waals surface area contributed by atoms with E-state index in [1.54, 1.807) is 14.2 Å². The van der Waals surface area contributed by atoms with Crippen LogP contribution in [0.2, 0.25) is 0 Å². The van der Waals surface area contributed by atoms with Crippen LogP contribution in [0, 0.1) is 0 Å². The van der Waals surface area contributed by atoms with Gasteiger partial charge in [-0.1, -0.05) is 24.3 Å². The quantitative estimate of drug-likeness (QED) is 0.704. The van der Waals surface area contributed by atoms with E-state index in [-0.39, 0.29) is 11.9 Å². The molecule has 29 heavy (non-hydrogen) atoms. The van der Waals surface area contributed by atoms with Gasteiger partial charge in [0.05, 0.1) is 33.5 Å². The standard InChI is InChI=1S/C23H30N2O4/c1-27-20-9-7-19(8-10-20)22(25-12-14-29-15-13-25)17-24-23(26)11-6-18-4-3-5-21(16-18)28-2/h3-5,7-10,16,22H,6,11-15,17H2,1-2H3,(H,24,26). The molecule has 0 saturated carbocycles. The summed E-state index contributed by atoms with van der Waals surface area (Å²) in [6, 6.07) is 16.0. The minimum Gasteiger partial charge on any atom is -0.497 e. The number of hydrogen-bond donors (Lipinski definition) is 1.